The summed E-state index contributed by atoms with van der Waals surface area (Å²) in [6, 6.07) is 7.55. The molecule has 0 radical (unpaired) electrons. The number of esters is 1. The zero-order chi connectivity index (χ0) is 17.1. The first-order valence-corrected chi connectivity index (χ1v) is 7.41. The van der Waals surface area contributed by atoms with E-state index in [0.717, 1.165) is 0 Å². The number of hydrogen-bond donors (Lipinski definition) is 1. The molecule has 2 aromatic rings. The summed E-state index contributed by atoms with van der Waals surface area (Å²) in [6.45, 7) is 5.09. The molecule has 0 saturated heterocycles. The highest BCUT2D eigenvalue weighted by molar-refractivity contribution is 6.06. The van der Waals surface area contributed by atoms with Gasteiger partial charge in [0, 0.05) is 24.0 Å². The van der Waals surface area contributed by atoms with Gasteiger partial charge in [0.2, 0.25) is 5.56 Å². The Kier molecular flexibility index (Phi) is 4.83. The first-order valence-electron chi connectivity index (χ1n) is 7.41. The second kappa shape index (κ2) is 6.64. The van der Waals surface area contributed by atoms with Crippen molar-refractivity contribution >= 4 is 22.8 Å². The van der Waals surface area contributed by atoms with Crippen LogP contribution in [-0.4, -0.2) is 41.0 Å². The monoisotopic (exact) mass is 316 g/mol. The predicted molar refractivity (Wildman–Crippen MR) is 87.4 cm³/mol. The van der Waals surface area contributed by atoms with Crippen molar-refractivity contribution in [2.45, 2.75) is 32.9 Å². The lowest BCUT2D eigenvalue weighted by molar-refractivity contribution is -0.151. The van der Waals surface area contributed by atoms with Crippen molar-refractivity contribution in [2.75, 3.05) is 7.05 Å². The number of carbonyl (C=O) groups excluding carboxylic acids is 2. The van der Waals surface area contributed by atoms with E-state index in [-0.39, 0.29) is 17.2 Å². The van der Waals surface area contributed by atoms with Crippen molar-refractivity contribution in [3.05, 3.63) is 46.2 Å². The van der Waals surface area contributed by atoms with Crippen LogP contribution < -0.4 is 5.56 Å². The van der Waals surface area contributed by atoms with Gasteiger partial charge in [0.15, 0.2) is 0 Å². The first-order chi connectivity index (χ1) is 10.8. The third-order valence-electron chi connectivity index (χ3n) is 3.58. The van der Waals surface area contributed by atoms with Gasteiger partial charge in [-0.25, -0.2) is 4.79 Å². The van der Waals surface area contributed by atoms with Crippen molar-refractivity contribution in [2.24, 2.45) is 0 Å². The molecule has 0 aliphatic rings. The molecule has 0 aliphatic heterocycles. The molecule has 2 rings (SSSR count). The number of para-hydroxylation sites is 1. The minimum absolute atomic E-state index is 0.256. The number of fused-ring (bicyclic) bond motifs is 1. The number of pyridine rings is 1. The zero-order valence-corrected chi connectivity index (χ0v) is 13.6. The number of H-pyrrole nitrogens is 1. The van der Waals surface area contributed by atoms with Crippen LogP contribution in [-0.2, 0) is 9.53 Å². The summed E-state index contributed by atoms with van der Waals surface area (Å²) in [5.74, 6) is -0.884. The minimum Gasteiger partial charge on any atom is -0.461 e. The molecule has 0 bridgehead atoms. The highest BCUT2D eigenvalue weighted by Gasteiger charge is 2.26. The van der Waals surface area contributed by atoms with Gasteiger partial charge in [0.05, 0.1) is 11.7 Å². The van der Waals surface area contributed by atoms with Crippen LogP contribution in [0.3, 0.4) is 0 Å². The molecule has 0 aliphatic carbocycles. The maximum Gasteiger partial charge on any atom is 0.328 e. The number of benzene rings is 1. The molecule has 6 nitrogen and oxygen atoms in total. The van der Waals surface area contributed by atoms with Crippen molar-refractivity contribution in [3.8, 4) is 0 Å². The molecule has 1 aromatic carbocycles. The van der Waals surface area contributed by atoms with E-state index >= 15 is 0 Å². The Morgan fingerprint density at radius 3 is 2.48 bits per heavy atom. The number of aromatic amines is 1. The summed E-state index contributed by atoms with van der Waals surface area (Å²) in [5, 5.41) is 0.633. The van der Waals surface area contributed by atoms with E-state index in [1.54, 1.807) is 45.0 Å². The Morgan fingerprint density at radius 2 is 1.83 bits per heavy atom. The van der Waals surface area contributed by atoms with Crippen molar-refractivity contribution in [1.82, 2.24) is 9.88 Å². The summed E-state index contributed by atoms with van der Waals surface area (Å²) < 4.78 is 5.13. The summed E-state index contributed by atoms with van der Waals surface area (Å²) in [4.78, 5) is 40.4. The molecule has 1 unspecified atom stereocenters. The third-order valence-corrected chi connectivity index (χ3v) is 3.58. The van der Waals surface area contributed by atoms with E-state index in [2.05, 4.69) is 4.98 Å². The van der Waals surface area contributed by atoms with Crippen molar-refractivity contribution < 1.29 is 14.3 Å². The molecule has 1 aromatic heterocycles. The summed E-state index contributed by atoms with van der Waals surface area (Å²) in [6.07, 6.45) is -0.256. The number of carbonyl (C=O) groups is 2. The van der Waals surface area contributed by atoms with Gasteiger partial charge in [-0.3, -0.25) is 9.59 Å². The van der Waals surface area contributed by atoms with Crippen LogP contribution in [0.5, 0.6) is 0 Å². The second-order valence-electron chi connectivity index (χ2n) is 5.67. The number of ether oxygens (including phenoxy) is 1. The molecular formula is C17H20N2O4. The van der Waals surface area contributed by atoms with Gasteiger partial charge in [0.25, 0.3) is 5.91 Å². The number of hydrogen-bond acceptors (Lipinski definition) is 4. The topological polar surface area (TPSA) is 79.5 Å². The standard InChI is InChI=1S/C17H20N2O4/c1-10(2)23-17(22)11(3)19(4)16(21)13-9-15(20)18-14-8-6-5-7-12(13)14/h5-11H,1-4H3,(H,18,20). The fourth-order valence-corrected chi connectivity index (χ4v) is 2.24. The molecule has 6 heteroatoms. The maximum atomic E-state index is 12.7. The van der Waals surface area contributed by atoms with E-state index in [0.29, 0.717) is 10.9 Å². The lowest BCUT2D eigenvalue weighted by Gasteiger charge is -2.24. The molecule has 1 heterocycles. The summed E-state index contributed by atoms with van der Waals surface area (Å²) in [5.41, 5.74) is 0.475. The molecule has 0 spiro atoms. The van der Waals surface area contributed by atoms with Crippen LogP contribution in [0.2, 0.25) is 0 Å². The molecule has 0 saturated carbocycles. The molecule has 1 N–H and O–H groups in total. The van der Waals surface area contributed by atoms with Crippen LogP contribution in [0, 0.1) is 0 Å². The van der Waals surface area contributed by atoms with Crippen LogP contribution in [0.4, 0.5) is 0 Å². The highest BCUT2D eigenvalue weighted by Crippen LogP contribution is 2.17. The van der Waals surface area contributed by atoms with Crippen LogP contribution >= 0.6 is 0 Å². The first kappa shape index (κ1) is 16.7. The lowest BCUT2D eigenvalue weighted by Crippen LogP contribution is -2.42. The fourth-order valence-electron chi connectivity index (χ4n) is 2.24. The van der Waals surface area contributed by atoms with E-state index in [1.807, 2.05) is 0 Å². The third kappa shape index (κ3) is 3.59. The molecule has 0 fully saturated rings. The number of rotatable bonds is 4. The Morgan fingerprint density at radius 1 is 1.17 bits per heavy atom. The summed E-state index contributed by atoms with van der Waals surface area (Å²) >= 11 is 0. The second-order valence-corrected chi connectivity index (χ2v) is 5.67. The minimum atomic E-state index is -0.747. The molecular weight excluding hydrogens is 296 g/mol. The van der Waals surface area contributed by atoms with E-state index in [4.69, 9.17) is 4.74 Å². The number of nitrogens with zero attached hydrogens (tertiary/aromatic N) is 1. The Balaban J connectivity index is 2.37. The molecule has 23 heavy (non-hydrogen) atoms. The number of nitrogens with one attached hydrogen (secondary N) is 1. The van der Waals surface area contributed by atoms with E-state index in [1.165, 1.54) is 18.0 Å². The van der Waals surface area contributed by atoms with Crippen molar-refractivity contribution in [1.29, 1.82) is 0 Å². The van der Waals surface area contributed by atoms with E-state index < -0.39 is 17.9 Å². The van der Waals surface area contributed by atoms with Gasteiger partial charge in [-0.1, -0.05) is 18.2 Å². The molecule has 1 atom stereocenters. The van der Waals surface area contributed by atoms with Crippen LogP contribution in [0.25, 0.3) is 10.9 Å². The Hall–Kier alpha value is -2.63. The van der Waals surface area contributed by atoms with Crippen LogP contribution in [0.15, 0.2) is 35.1 Å². The predicted octanol–water partition coefficient (Wildman–Crippen LogP) is 1.94. The maximum absolute atomic E-state index is 12.7. The van der Waals surface area contributed by atoms with Gasteiger partial charge < -0.3 is 14.6 Å². The number of likely N-dealkylation sites (N-methyl/N-ethyl adjacent to an activating group) is 1. The average molecular weight is 316 g/mol. The normalized spacial score (nSPS) is 12.2. The van der Waals surface area contributed by atoms with E-state index in [9.17, 15) is 14.4 Å². The Labute approximate surface area is 134 Å². The van der Waals surface area contributed by atoms with Crippen molar-refractivity contribution in [3.63, 3.8) is 0 Å². The number of amides is 1. The SMILES string of the molecule is CC(C)OC(=O)C(C)N(C)C(=O)c1cc(=O)[nH]c2ccccc12. The van der Waals surface area contributed by atoms with Gasteiger partial charge in [-0.15, -0.1) is 0 Å². The zero-order valence-electron chi connectivity index (χ0n) is 13.6. The number of aromatic nitrogens is 1. The molecule has 122 valence electrons. The Bertz CT molecular complexity index is 795. The fraction of sp³-hybridized carbons (Fsp3) is 0.353. The smallest absolute Gasteiger partial charge is 0.328 e. The quantitative estimate of drug-likeness (QED) is 0.874. The van der Waals surface area contributed by atoms with Gasteiger partial charge in [-0.05, 0) is 26.8 Å². The highest BCUT2D eigenvalue weighted by atomic mass is 16.5. The largest absolute Gasteiger partial charge is 0.461 e. The summed E-state index contributed by atoms with van der Waals surface area (Å²) in [7, 11) is 1.52. The average Bonchev–Trinajstić information content (AvgIpc) is 2.51. The van der Waals surface area contributed by atoms with Crippen LogP contribution in [0.1, 0.15) is 31.1 Å². The van der Waals surface area contributed by atoms with Gasteiger partial charge >= 0.3 is 5.97 Å². The van der Waals surface area contributed by atoms with Gasteiger partial charge in [-0.2, -0.15) is 0 Å². The van der Waals surface area contributed by atoms with Gasteiger partial charge in [0.1, 0.15) is 6.04 Å². The molecule has 1 amide bonds. The lowest BCUT2D eigenvalue weighted by atomic mass is 10.1.